The number of Topliss-reactive ketones (excluding diaryl/α,β-unsaturated/α-hetero) is 1. The first kappa shape index (κ1) is 42.0. The number of ether oxygens (including phenoxy) is 3. The molecular formula is C42H52ClN3O8. The number of para-hydroxylation sites is 1. The summed E-state index contributed by atoms with van der Waals surface area (Å²) in [4.78, 5) is 69.9. The molecule has 1 aliphatic heterocycles. The number of nitrogens with one attached hydrogen (secondary N) is 2. The lowest BCUT2D eigenvalue weighted by Crippen LogP contribution is -2.52. The van der Waals surface area contributed by atoms with Crippen molar-refractivity contribution in [2.45, 2.75) is 90.2 Å². The quantitative estimate of drug-likeness (QED) is 0.0322. The number of halogens is 1. The normalized spacial score (nSPS) is 15.9. The number of ketones is 1. The Morgan fingerprint density at radius 2 is 1.43 bits per heavy atom. The van der Waals surface area contributed by atoms with E-state index in [1.165, 1.54) is 88.1 Å². The third-order valence-corrected chi connectivity index (χ3v) is 9.70. The van der Waals surface area contributed by atoms with E-state index in [1.54, 1.807) is 6.92 Å². The zero-order valence-corrected chi connectivity index (χ0v) is 32.2. The average molecular weight is 762 g/mol. The maximum Gasteiger partial charge on any atom is 0.338 e. The molecule has 4 rings (SSSR count). The van der Waals surface area contributed by atoms with Crippen LogP contribution in [0, 0.1) is 5.92 Å². The van der Waals surface area contributed by atoms with Gasteiger partial charge in [-0.2, -0.15) is 0 Å². The molecule has 0 bridgehead atoms. The highest BCUT2D eigenvalue weighted by Gasteiger charge is 2.54. The summed E-state index contributed by atoms with van der Waals surface area (Å²) in [6.07, 6.45) is 10.3. The van der Waals surface area contributed by atoms with Crippen molar-refractivity contribution < 1.29 is 38.2 Å². The van der Waals surface area contributed by atoms with Crippen molar-refractivity contribution in [3.05, 3.63) is 88.9 Å². The molecule has 290 valence electrons. The molecule has 3 aromatic carbocycles. The van der Waals surface area contributed by atoms with Crippen molar-refractivity contribution in [3.8, 4) is 5.75 Å². The molecule has 3 unspecified atom stereocenters. The number of carbonyl (C=O) groups is 5. The SMILES string of the molecule is CCCCCCCCCCCCOC(=O)c1ccc(Cl)c(NC(=O)C(C(=O)c2ccc(OC)cc2)N2C(=O)C(CNc3ccccc3)C(OCC)C2=O)c1. The number of hydrogen-bond acceptors (Lipinski definition) is 9. The fraction of sp³-hybridized carbons (Fsp3) is 0.452. The van der Waals surface area contributed by atoms with Crippen LogP contribution < -0.4 is 15.4 Å². The van der Waals surface area contributed by atoms with Crippen molar-refractivity contribution in [1.29, 1.82) is 0 Å². The van der Waals surface area contributed by atoms with Crippen LogP contribution in [0.15, 0.2) is 72.8 Å². The minimum absolute atomic E-state index is 0.00494. The van der Waals surface area contributed by atoms with Gasteiger partial charge in [-0.15, -0.1) is 0 Å². The Bertz CT molecular complexity index is 1700. The second-order valence-corrected chi connectivity index (χ2v) is 13.7. The van der Waals surface area contributed by atoms with Gasteiger partial charge in [0.05, 0.1) is 35.9 Å². The van der Waals surface area contributed by atoms with Crippen molar-refractivity contribution in [3.63, 3.8) is 0 Å². The van der Waals surface area contributed by atoms with Crippen LogP contribution in [0.5, 0.6) is 5.75 Å². The summed E-state index contributed by atoms with van der Waals surface area (Å²) in [5, 5.41) is 5.82. The van der Waals surface area contributed by atoms with Gasteiger partial charge < -0.3 is 24.8 Å². The molecule has 0 spiro atoms. The summed E-state index contributed by atoms with van der Waals surface area (Å²) in [6, 6.07) is 17.4. The number of esters is 1. The van der Waals surface area contributed by atoms with Gasteiger partial charge in [0.2, 0.25) is 5.91 Å². The average Bonchev–Trinajstić information content (AvgIpc) is 3.41. The Balaban J connectivity index is 1.49. The number of likely N-dealkylation sites (tertiary alicyclic amines) is 1. The molecule has 3 atom stereocenters. The van der Waals surface area contributed by atoms with Crippen LogP contribution in [-0.4, -0.2) is 73.4 Å². The molecule has 2 N–H and O–H groups in total. The van der Waals surface area contributed by atoms with Crippen LogP contribution >= 0.6 is 11.6 Å². The Morgan fingerprint density at radius 3 is 2.06 bits per heavy atom. The molecule has 0 aliphatic carbocycles. The first-order chi connectivity index (χ1) is 26.2. The van der Waals surface area contributed by atoms with E-state index in [4.69, 9.17) is 25.8 Å². The van der Waals surface area contributed by atoms with Gasteiger partial charge in [-0.3, -0.25) is 24.1 Å². The Hall–Kier alpha value is -4.74. The molecule has 11 nitrogen and oxygen atoms in total. The minimum Gasteiger partial charge on any atom is -0.497 e. The molecular weight excluding hydrogens is 710 g/mol. The number of methoxy groups -OCH3 is 1. The Kier molecular flexibility index (Phi) is 17.0. The lowest BCUT2D eigenvalue weighted by atomic mass is 10.0. The van der Waals surface area contributed by atoms with Crippen molar-refractivity contribution in [1.82, 2.24) is 4.90 Å². The van der Waals surface area contributed by atoms with Crippen LogP contribution in [0.3, 0.4) is 0 Å². The second-order valence-electron chi connectivity index (χ2n) is 13.3. The molecule has 1 saturated heterocycles. The van der Waals surface area contributed by atoms with E-state index < -0.39 is 47.5 Å². The third-order valence-electron chi connectivity index (χ3n) is 9.37. The number of unbranched alkanes of at least 4 members (excludes halogenated alkanes) is 9. The van der Waals surface area contributed by atoms with Gasteiger partial charge in [-0.05, 0) is 67.9 Å². The van der Waals surface area contributed by atoms with E-state index in [1.807, 2.05) is 30.3 Å². The van der Waals surface area contributed by atoms with Crippen LogP contribution in [0.2, 0.25) is 5.02 Å². The first-order valence-corrected chi connectivity index (χ1v) is 19.3. The van der Waals surface area contributed by atoms with Gasteiger partial charge in [0, 0.05) is 24.4 Å². The van der Waals surface area contributed by atoms with Crippen LogP contribution in [0.1, 0.15) is 98.8 Å². The molecule has 0 radical (unpaired) electrons. The topological polar surface area (TPSA) is 140 Å². The molecule has 54 heavy (non-hydrogen) atoms. The van der Waals surface area contributed by atoms with Crippen molar-refractivity contribution in [2.75, 3.05) is 37.5 Å². The van der Waals surface area contributed by atoms with Crippen LogP contribution in [0.4, 0.5) is 11.4 Å². The number of anilines is 2. The highest BCUT2D eigenvalue weighted by Crippen LogP contribution is 2.30. The molecule has 0 aromatic heterocycles. The Morgan fingerprint density at radius 1 is 0.796 bits per heavy atom. The fourth-order valence-electron chi connectivity index (χ4n) is 6.38. The van der Waals surface area contributed by atoms with E-state index in [9.17, 15) is 24.0 Å². The monoisotopic (exact) mass is 761 g/mol. The smallest absolute Gasteiger partial charge is 0.338 e. The Labute approximate surface area is 323 Å². The number of imide groups is 1. The van der Waals surface area contributed by atoms with Crippen LogP contribution in [-0.2, 0) is 23.9 Å². The highest BCUT2D eigenvalue weighted by molar-refractivity contribution is 6.34. The summed E-state index contributed by atoms with van der Waals surface area (Å²) < 4.78 is 16.4. The third kappa shape index (κ3) is 11.6. The molecule has 3 amide bonds. The second kappa shape index (κ2) is 21.8. The predicted molar refractivity (Wildman–Crippen MR) is 209 cm³/mol. The molecule has 1 heterocycles. The summed E-state index contributed by atoms with van der Waals surface area (Å²) in [7, 11) is 1.47. The maximum atomic E-state index is 14.2. The number of carbonyl (C=O) groups excluding carboxylic acids is 5. The zero-order valence-electron chi connectivity index (χ0n) is 31.4. The van der Waals surface area contributed by atoms with Gasteiger partial charge in [0.1, 0.15) is 11.9 Å². The molecule has 12 heteroatoms. The van der Waals surface area contributed by atoms with Crippen molar-refractivity contribution >= 4 is 52.4 Å². The molecule has 1 aliphatic rings. The largest absolute Gasteiger partial charge is 0.497 e. The van der Waals surface area contributed by atoms with Gasteiger partial charge in [0.15, 0.2) is 11.8 Å². The van der Waals surface area contributed by atoms with E-state index in [0.717, 1.165) is 25.7 Å². The maximum absolute atomic E-state index is 14.2. The predicted octanol–water partition coefficient (Wildman–Crippen LogP) is 8.12. The highest BCUT2D eigenvalue weighted by atomic mass is 35.5. The summed E-state index contributed by atoms with van der Waals surface area (Å²) in [5.74, 6) is -4.54. The summed E-state index contributed by atoms with van der Waals surface area (Å²) >= 11 is 6.46. The first-order valence-electron chi connectivity index (χ1n) is 18.9. The van der Waals surface area contributed by atoms with E-state index in [2.05, 4.69) is 17.6 Å². The lowest BCUT2D eigenvalue weighted by molar-refractivity contribution is -0.146. The molecule has 3 aromatic rings. The number of benzene rings is 3. The van der Waals surface area contributed by atoms with E-state index in [0.29, 0.717) is 16.3 Å². The van der Waals surface area contributed by atoms with Gasteiger partial charge in [-0.1, -0.05) is 94.5 Å². The summed E-state index contributed by atoms with van der Waals surface area (Å²) in [5.41, 5.74) is 0.916. The van der Waals surface area contributed by atoms with Gasteiger partial charge >= 0.3 is 5.97 Å². The molecule has 1 fully saturated rings. The van der Waals surface area contributed by atoms with Crippen LogP contribution in [0.25, 0.3) is 0 Å². The number of amides is 3. The minimum atomic E-state index is -1.92. The zero-order chi connectivity index (χ0) is 38.9. The van der Waals surface area contributed by atoms with Crippen molar-refractivity contribution in [2.24, 2.45) is 5.92 Å². The lowest BCUT2D eigenvalue weighted by Gasteiger charge is -2.25. The van der Waals surface area contributed by atoms with E-state index >= 15 is 0 Å². The number of nitrogens with zero attached hydrogens (tertiary/aromatic N) is 1. The van der Waals surface area contributed by atoms with E-state index in [-0.39, 0.29) is 41.6 Å². The standard InChI is InChI=1S/C42H52ClN3O8/c1-4-6-7-8-9-10-11-12-13-17-26-54-42(51)30-22-25-34(43)35(27-30)45-39(48)36(37(47)29-20-23-32(52-3)24-21-29)46-40(49)33(38(41(46)50)53-5-2)28-44-31-18-15-14-16-19-31/h14-16,18-25,27,33,36,38,44H,4-13,17,26,28H2,1-3H3,(H,45,48). The number of rotatable bonds is 23. The van der Waals surface area contributed by atoms with Gasteiger partial charge in [-0.25, -0.2) is 4.79 Å². The fourth-order valence-corrected chi connectivity index (χ4v) is 6.54. The summed E-state index contributed by atoms with van der Waals surface area (Å²) in [6.45, 7) is 4.27. The number of hydrogen-bond donors (Lipinski definition) is 2. The van der Waals surface area contributed by atoms with Gasteiger partial charge in [0.25, 0.3) is 11.8 Å². The molecule has 0 saturated carbocycles.